The lowest BCUT2D eigenvalue weighted by molar-refractivity contribution is 0.596. The van der Waals surface area contributed by atoms with Crippen molar-refractivity contribution in [3.05, 3.63) is 54.1 Å². The Labute approximate surface area is 107 Å². The fourth-order valence-corrected chi connectivity index (χ4v) is 3.27. The van der Waals surface area contributed by atoms with E-state index in [0.717, 1.165) is 5.56 Å². The first-order valence-corrected chi connectivity index (χ1v) is 7.12. The van der Waals surface area contributed by atoms with Gasteiger partial charge in [-0.25, -0.2) is 8.42 Å². The van der Waals surface area contributed by atoms with E-state index in [1.807, 2.05) is 13.0 Å². The van der Waals surface area contributed by atoms with Crippen LogP contribution in [-0.4, -0.2) is 15.5 Å². The SMILES string of the molecule is CNc1cc(C)ccc1S(=O)(=O)c1ccccc1. The number of hydrogen-bond acceptors (Lipinski definition) is 3. The summed E-state index contributed by atoms with van der Waals surface area (Å²) in [6.07, 6.45) is 0. The van der Waals surface area contributed by atoms with Gasteiger partial charge in [0, 0.05) is 7.05 Å². The predicted octanol–water partition coefficient (Wildman–Crippen LogP) is 2.87. The number of sulfone groups is 1. The van der Waals surface area contributed by atoms with Gasteiger partial charge in [-0.1, -0.05) is 24.3 Å². The second-order valence-electron chi connectivity index (χ2n) is 4.07. The van der Waals surface area contributed by atoms with E-state index >= 15 is 0 Å². The van der Waals surface area contributed by atoms with Crippen molar-refractivity contribution in [1.29, 1.82) is 0 Å². The average molecular weight is 261 g/mol. The van der Waals surface area contributed by atoms with Crippen LogP contribution in [0.5, 0.6) is 0 Å². The van der Waals surface area contributed by atoms with Gasteiger partial charge in [0.15, 0.2) is 0 Å². The normalized spacial score (nSPS) is 11.2. The van der Waals surface area contributed by atoms with Crippen molar-refractivity contribution < 1.29 is 8.42 Å². The number of hydrogen-bond donors (Lipinski definition) is 1. The third-order valence-electron chi connectivity index (χ3n) is 2.75. The van der Waals surface area contributed by atoms with E-state index in [1.165, 1.54) is 0 Å². The molecule has 0 aliphatic heterocycles. The fraction of sp³-hybridized carbons (Fsp3) is 0.143. The Morgan fingerprint density at radius 2 is 1.67 bits per heavy atom. The van der Waals surface area contributed by atoms with Gasteiger partial charge in [-0.15, -0.1) is 0 Å². The van der Waals surface area contributed by atoms with Crippen LogP contribution in [0, 0.1) is 6.92 Å². The number of aryl methyl sites for hydroxylation is 1. The molecule has 94 valence electrons. The Hall–Kier alpha value is -1.81. The summed E-state index contributed by atoms with van der Waals surface area (Å²) in [6.45, 7) is 1.93. The number of rotatable bonds is 3. The van der Waals surface area contributed by atoms with Crippen molar-refractivity contribution in [1.82, 2.24) is 0 Å². The Morgan fingerprint density at radius 1 is 1.00 bits per heavy atom. The quantitative estimate of drug-likeness (QED) is 0.924. The highest BCUT2D eigenvalue weighted by atomic mass is 32.2. The summed E-state index contributed by atoms with van der Waals surface area (Å²) in [4.78, 5) is 0.618. The first kappa shape index (κ1) is 12.6. The number of anilines is 1. The van der Waals surface area contributed by atoms with Crippen LogP contribution in [0.1, 0.15) is 5.56 Å². The van der Waals surface area contributed by atoms with E-state index in [0.29, 0.717) is 15.5 Å². The van der Waals surface area contributed by atoms with Gasteiger partial charge < -0.3 is 5.32 Å². The third kappa shape index (κ3) is 2.24. The molecule has 0 saturated heterocycles. The van der Waals surface area contributed by atoms with Crippen molar-refractivity contribution in [2.45, 2.75) is 16.7 Å². The molecular formula is C14H15NO2S. The summed E-state index contributed by atoms with van der Waals surface area (Å²) in [5, 5.41) is 2.93. The molecule has 0 aromatic heterocycles. The van der Waals surface area contributed by atoms with Crippen LogP contribution >= 0.6 is 0 Å². The van der Waals surface area contributed by atoms with Gasteiger partial charge in [0.25, 0.3) is 0 Å². The minimum atomic E-state index is -3.46. The molecule has 0 saturated carbocycles. The molecule has 1 N–H and O–H groups in total. The molecule has 0 unspecified atom stereocenters. The zero-order valence-corrected chi connectivity index (χ0v) is 11.2. The molecule has 0 aliphatic rings. The predicted molar refractivity (Wildman–Crippen MR) is 72.6 cm³/mol. The molecule has 0 bridgehead atoms. The summed E-state index contributed by atoms with van der Waals surface area (Å²) in [7, 11) is -1.74. The van der Waals surface area contributed by atoms with Crippen LogP contribution in [0.15, 0.2) is 58.3 Å². The summed E-state index contributed by atoms with van der Waals surface area (Å²) in [5.74, 6) is 0. The van der Waals surface area contributed by atoms with Gasteiger partial charge in [0.05, 0.1) is 15.5 Å². The molecule has 0 amide bonds. The van der Waals surface area contributed by atoms with Crippen molar-refractivity contribution in [3.63, 3.8) is 0 Å². The van der Waals surface area contributed by atoms with Crippen LogP contribution < -0.4 is 5.32 Å². The van der Waals surface area contributed by atoms with Crippen LogP contribution in [0.25, 0.3) is 0 Å². The zero-order chi connectivity index (χ0) is 13.2. The zero-order valence-electron chi connectivity index (χ0n) is 10.3. The first-order chi connectivity index (χ1) is 8.55. The molecule has 4 heteroatoms. The average Bonchev–Trinajstić information content (AvgIpc) is 2.39. The van der Waals surface area contributed by atoms with Gasteiger partial charge in [-0.05, 0) is 36.8 Å². The monoisotopic (exact) mass is 261 g/mol. The smallest absolute Gasteiger partial charge is 0.208 e. The van der Waals surface area contributed by atoms with Crippen LogP contribution in [-0.2, 0) is 9.84 Å². The molecule has 18 heavy (non-hydrogen) atoms. The third-order valence-corrected chi connectivity index (χ3v) is 4.58. The second-order valence-corrected chi connectivity index (χ2v) is 5.98. The van der Waals surface area contributed by atoms with Crippen molar-refractivity contribution >= 4 is 15.5 Å². The Bertz CT molecular complexity index is 649. The molecule has 3 nitrogen and oxygen atoms in total. The van der Waals surface area contributed by atoms with Crippen molar-refractivity contribution in [2.75, 3.05) is 12.4 Å². The summed E-state index contributed by atoms with van der Waals surface area (Å²) in [5.41, 5.74) is 1.64. The summed E-state index contributed by atoms with van der Waals surface area (Å²) < 4.78 is 25.0. The first-order valence-electron chi connectivity index (χ1n) is 5.64. The van der Waals surface area contributed by atoms with E-state index in [1.54, 1.807) is 49.5 Å². The van der Waals surface area contributed by atoms with Crippen LogP contribution in [0.3, 0.4) is 0 Å². The van der Waals surface area contributed by atoms with Gasteiger partial charge in [0.1, 0.15) is 0 Å². The van der Waals surface area contributed by atoms with Crippen LogP contribution in [0.4, 0.5) is 5.69 Å². The van der Waals surface area contributed by atoms with E-state index in [9.17, 15) is 8.42 Å². The standard InChI is InChI=1S/C14H15NO2S/c1-11-8-9-14(13(10-11)15-2)18(16,17)12-6-4-3-5-7-12/h3-10,15H,1-2H3. The topological polar surface area (TPSA) is 46.2 Å². The highest BCUT2D eigenvalue weighted by Crippen LogP contribution is 2.28. The van der Waals surface area contributed by atoms with Crippen LogP contribution in [0.2, 0.25) is 0 Å². The minimum Gasteiger partial charge on any atom is -0.387 e. The molecule has 0 fully saturated rings. The molecular weight excluding hydrogens is 246 g/mol. The molecule has 0 aliphatic carbocycles. The minimum absolute atomic E-state index is 0.307. The summed E-state index contributed by atoms with van der Waals surface area (Å²) >= 11 is 0. The molecule has 0 heterocycles. The molecule has 0 atom stereocenters. The highest BCUT2D eigenvalue weighted by Gasteiger charge is 2.20. The number of nitrogens with one attached hydrogen (secondary N) is 1. The molecule has 0 spiro atoms. The fourth-order valence-electron chi connectivity index (χ4n) is 1.80. The lowest BCUT2D eigenvalue weighted by Gasteiger charge is -2.11. The van der Waals surface area contributed by atoms with Gasteiger partial charge in [-0.3, -0.25) is 0 Å². The Balaban J connectivity index is 2.62. The van der Waals surface area contributed by atoms with Gasteiger partial charge >= 0.3 is 0 Å². The van der Waals surface area contributed by atoms with E-state index in [2.05, 4.69) is 5.32 Å². The Morgan fingerprint density at radius 3 is 2.28 bits per heavy atom. The molecule has 2 aromatic carbocycles. The van der Waals surface area contributed by atoms with E-state index < -0.39 is 9.84 Å². The summed E-state index contributed by atoms with van der Waals surface area (Å²) in [6, 6.07) is 13.7. The Kier molecular flexibility index (Phi) is 3.39. The highest BCUT2D eigenvalue weighted by molar-refractivity contribution is 7.91. The lowest BCUT2D eigenvalue weighted by Crippen LogP contribution is -2.05. The largest absolute Gasteiger partial charge is 0.387 e. The second kappa shape index (κ2) is 4.82. The number of benzene rings is 2. The maximum atomic E-state index is 12.5. The lowest BCUT2D eigenvalue weighted by atomic mass is 10.2. The van der Waals surface area contributed by atoms with Crippen molar-refractivity contribution in [3.8, 4) is 0 Å². The molecule has 2 rings (SSSR count). The van der Waals surface area contributed by atoms with E-state index in [-0.39, 0.29) is 0 Å². The van der Waals surface area contributed by atoms with Gasteiger partial charge in [-0.2, -0.15) is 0 Å². The molecule has 2 aromatic rings. The maximum Gasteiger partial charge on any atom is 0.208 e. The molecule has 0 radical (unpaired) electrons. The van der Waals surface area contributed by atoms with Crippen molar-refractivity contribution in [2.24, 2.45) is 0 Å². The maximum absolute atomic E-state index is 12.5. The van der Waals surface area contributed by atoms with E-state index in [4.69, 9.17) is 0 Å². The van der Waals surface area contributed by atoms with Gasteiger partial charge in [0.2, 0.25) is 9.84 Å².